The van der Waals surface area contributed by atoms with Gasteiger partial charge in [-0.05, 0) is 33.6 Å². The lowest BCUT2D eigenvalue weighted by molar-refractivity contribution is -0.894. The van der Waals surface area contributed by atoms with Gasteiger partial charge in [0.05, 0.1) is 26.2 Å². The van der Waals surface area contributed by atoms with Crippen molar-refractivity contribution < 1.29 is 37.3 Å². The largest absolute Gasteiger partial charge is 0.550 e. The maximum Gasteiger partial charge on any atom is 0.330 e. The van der Waals surface area contributed by atoms with E-state index < -0.39 is 39.6 Å². The van der Waals surface area contributed by atoms with Crippen LogP contribution < -0.4 is 10.0 Å². The Morgan fingerprint density at radius 1 is 1.19 bits per heavy atom. The van der Waals surface area contributed by atoms with Gasteiger partial charge in [-0.15, -0.1) is 6.58 Å². The zero-order valence-corrected chi connectivity index (χ0v) is 17.1. The third kappa shape index (κ3) is 9.30. The molecule has 0 saturated heterocycles. The number of hydrogen-bond donors (Lipinski definition) is 2. The van der Waals surface area contributed by atoms with Gasteiger partial charge in [-0.3, -0.25) is 9.35 Å². The van der Waals surface area contributed by atoms with Crippen molar-refractivity contribution in [2.45, 2.75) is 58.1 Å². The van der Waals surface area contributed by atoms with E-state index in [0.717, 1.165) is 6.08 Å². The van der Waals surface area contributed by atoms with E-state index in [1.165, 1.54) is 19.6 Å². The van der Waals surface area contributed by atoms with Crippen molar-refractivity contribution in [2.75, 3.05) is 26.2 Å². The Bertz CT molecular complexity index is 524. The molecule has 0 fully saturated rings. The molecule has 0 rings (SSSR count). The van der Waals surface area contributed by atoms with Gasteiger partial charge in [0.25, 0.3) is 10.1 Å². The smallest absolute Gasteiger partial charge is 0.330 e. The van der Waals surface area contributed by atoms with Crippen LogP contribution in [0.5, 0.6) is 0 Å². The molecule has 0 aliphatic heterocycles. The highest BCUT2D eigenvalue weighted by atomic mass is 32.2. The number of hydrogen-bond acceptors (Lipinski definition) is 6. The monoisotopic (exact) mass is 395 g/mol. The molecule has 26 heavy (non-hydrogen) atoms. The number of carboxylic acids is 1. The second kappa shape index (κ2) is 13.7. The van der Waals surface area contributed by atoms with Crippen molar-refractivity contribution >= 4 is 22.1 Å². The fraction of sp³-hybridized carbons (Fsp3) is 0.765. The number of carbonyl (C=O) groups excluding carboxylic acids is 2. The molecule has 154 valence electrons. The Balaban J connectivity index is 0. The van der Waals surface area contributed by atoms with Crippen LogP contribution in [0.25, 0.3) is 0 Å². The summed E-state index contributed by atoms with van der Waals surface area (Å²) >= 11 is 0. The second-order valence-corrected chi connectivity index (χ2v) is 7.54. The summed E-state index contributed by atoms with van der Waals surface area (Å²) in [7, 11) is -4.99. The van der Waals surface area contributed by atoms with Crippen LogP contribution in [-0.4, -0.2) is 55.9 Å². The number of nitrogens with one attached hydrogen (secondary N) is 1. The molecule has 0 saturated carbocycles. The van der Waals surface area contributed by atoms with Crippen LogP contribution in [-0.2, 0) is 24.4 Å². The molecule has 0 bridgehead atoms. The molecule has 0 heterocycles. The molecule has 9 heteroatoms. The highest BCUT2D eigenvalue weighted by molar-refractivity contribution is 7.88. The van der Waals surface area contributed by atoms with E-state index in [-0.39, 0.29) is 6.61 Å². The highest BCUT2D eigenvalue weighted by Gasteiger charge is 2.50. The number of unbranched alkanes of at least 4 members (excludes halogenated alkanes) is 1. The van der Waals surface area contributed by atoms with Crippen LogP contribution in [0.1, 0.15) is 53.4 Å². The number of ether oxygens (including phenoxy) is 1. The highest BCUT2D eigenvalue weighted by Crippen LogP contribution is 2.27. The number of aliphatic carboxylic acids is 1. The minimum absolute atomic E-state index is 0.0587. The van der Waals surface area contributed by atoms with E-state index >= 15 is 0 Å². The van der Waals surface area contributed by atoms with E-state index in [9.17, 15) is 23.1 Å². The molecule has 0 aliphatic carbocycles. The molecule has 0 radical (unpaired) electrons. The normalized spacial score (nSPS) is 13.3. The van der Waals surface area contributed by atoms with Gasteiger partial charge in [-0.1, -0.05) is 19.4 Å². The Kier molecular flexibility index (Phi) is 14.1. The lowest BCUT2D eigenvalue weighted by atomic mass is 10.0. The van der Waals surface area contributed by atoms with E-state index in [1.54, 1.807) is 4.90 Å². The van der Waals surface area contributed by atoms with Crippen LogP contribution in [0.4, 0.5) is 0 Å². The van der Waals surface area contributed by atoms with Crippen molar-refractivity contribution in [3.63, 3.8) is 0 Å². The Hall–Kier alpha value is -1.45. The first kappa shape index (κ1) is 26.8. The average Bonchev–Trinajstić information content (AvgIpc) is 2.55. The van der Waals surface area contributed by atoms with E-state index in [1.807, 2.05) is 6.92 Å². The van der Waals surface area contributed by atoms with Crippen LogP contribution in [0.15, 0.2) is 12.7 Å². The molecule has 2 N–H and O–H groups in total. The number of carboxylic acid groups (broad SMARTS) is 1. The molecule has 0 aromatic rings. The van der Waals surface area contributed by atoms with Crippen molar-refractivity contribution in [3.8, 4) is 0 Å². The maximum absolute atomic E-state index is 11.8. The summed E-state index contributed by atoms with van der Waals surface area (Å²) in [5, 5.41) is 10.6. The lowest BCUT2D eigenvalue weighted by Gasteiger charge is -2.27. The average molecular weight is 396 g/mol. The predicted octanol–water partition coefficient (Wildman–Crippen LogP) is -0.397. The summed E-state index contributed by atoms with van der Waals surface area (Å²) in [5.41, 5.74) is 0. The Morgan fingerprint density at radius 3 is 1.96 bits per heavy atom. The minimum atomic E-state index is -4.99. The van der Waals surface area contributed by atoms with Gasteiger partial charge in [0.1, 0.15) is 0 Å². The Morgan fingerprint density at radius 2 is 1.69 bits per heavy atom. The zero-order valence-electron chi connectivity index (χ0n) is 16.2. The third-order valence-electron chi connectivity index (χ3n) is 4.00. The fourth-order valence-corrected chi connectivity index (χ4v) is 3.08. The molecule has 0 aromatic carbocycles. The summed E-state index contributed by atoms with van der Waals surface area (Å²) < 4.78 is 34.0. The molecule has 0 aromatic heterocycles. The third-order valence-corrected chi connectivity index (χ3v) is 5.47. The van der Waals surface area contributed by atoms with Gasteiger partial charge in [-0.2, -0.15) is 8.42 Å². The first-order valence-corrected chi connectivity index (χ1v) is 10.3. The summed E-state index contributed by atoms with van der Waals surface area (Å²) in [6, 6.07) is 0. The predicted molar refractivity (Wildman–Crippen MR) is 97.2 cm³/mol. The summed E-state index contributed by atoms with van der Waals surface area (Å²) in [6.07, 6.45) is 0.451. The number of carbonyl (C=O) groups is 2. The number of rotatable bonds is 12. The van der Waals surface area contributed by atoms with Gasteiger partial charge in [0.2, 0.25) is 4.75 Å². The number of allylic oxidation sites excluding steroid dienone is 1. The lowest BCUT2D eigenvalue weighted by Crippen LogP contribution is -3.11. The molecule has 1 atom stereocenters. The SMILES string of the molecule is C=CCC(CC(=O)[O-])(C(=O)OCCCC)S(=O)(=O)O.CC[NH+](CC)CC. The molecule has 8 nitrogen and oxygen atoms in total. The van der Waals surface area contributed by atoms with Crippen molar-refractivity contribution in [2.24, 2.45) is 0 Å². The van der Waals surface area contributed by atoms with Crippen LogP contribution in [0.2, 0.25) is 0 Å². The quantitative estimate of drug-likeness (QED) is 0.199. The molecule has 1 unspecified atom stereocenters. The first-order chi connectivity index (χ1) is 12.1. The van der Waals surface area contributed by atoms with Crippen LogP contribution in [0, 0.1) is 0 Å². The topological polar surface area (TPSA) is 125 Å². The van der Waals surface area contributed by atoms with Crippen molar-refractivity contribution in [3.05, 3.63) is 12.7 Å². The van der Waals surface area contributed by atoms with Crippen LogP contribution >= 0.6 is 0 Å². The van der Waals surface area contributed by atoms with E-state index in [2.05, 4.69) is 27.4 Å². The van der Waals surface area contributed by atoms with Crippen molar-refractivity contribution in [1.29, 1.82) is 0 Å². The molecular formula is C17H33NO7S. The van der Waals surface area contributed by atoms with Gasteiger partial charge >= 0.3 is 5.97 Å². The van der Waals surface area contributed by atoms with Crippen molar-refractivity contribution in [1.82, 2.24) is 0 Å². The van der Waals surface area contributed by atoms with E-state index in [4.69, 9.17) is 9.29 Å². The number of esters is 1. The van der Waals surface area contributed by atoms with Gasteiger partial charge < -0.3 is 19.5 Å². The molecule has 0 aliphatic rings. The summed E-state index contributed by atoms with van der Waals surface area (Å²) in [6.45, 7) is 15.5. The Labute approximate surface area is 157 Å². The van der Waals surface area contributed by atoms with Gasteiger partial charge in [0, 0.05) is 12.4 Å². The first-order valence-electron chi connectivity index (χ1n) is 8.84. The van der Waals surface area contributed by atoms with Gasteiger partial charge in [0.15, 0.2) is 0 Å². The minimum Gasteiger partial charge on any atom is -0.550 e. The maximum atomic E-state index is 11.8. The summed E-state index contributed by atoms with van der Waals surface area (Å²) in [4.78, 5) is 24.1. The summed E-state index contributed by atoms with van der Waals surface area (Å²) in [5.74, 6) is -3.10. The number of quaternary nitrogens is 1. The zero-order chi connectivity index (χ0) is 20.8. The van der Waals surface area contributed by atoms with E-state index in [0.29, 0.717) is 12.8 Å². The molecular weight excluding hydrogens is 362 g/mol. The van der Waals surface area contributed by atoms with Gasteiger partial charge in [-0.25, -0.2) is 0 Å². The van der Waals surface area contributed by atoms with Crippen LogP contribution in [0.3, 0.4) is 0 Å². The fourth-order valence-electron chi connectivity index (χ4n) is 2.19. The second-order valence-electron chi connectivity index (χ2n) is 5.81. The molecule has 0 amide bonds. The molecule has 0 spiro atoms. The standard InChI is InChI=1S/C11H18O7S.C6H15N/c1-3-5-7-18-10(14)11(6-4-2,8-9(12)13)19(15,16)17;1-4-7(5-2)6-3/h4H,2-3,5-8H2,1H3,(H,12,13)(H,15,16,17);4-6H2,1-3H3.